The number of aliphatic carboxylic acids is 1. The quantitative estimate of drug-likeness (QED) is 0.791. The van der Waals surface area contributed by atoms with Gasteiger partial charge in [-0.05, 0) is 12.0 Å². The minimum atomic E-state index is -0.958. The predicted octanol–water partition coefficient (Wildman–Crippen LogP) is 1.26. The Labute approximate surface area is 136 Å². The summed E-state index contributed by atoms with van der Waals surface area (Å²) < 4.78 is 5.77. The van der Waals surface area contributed by atoms with E-state index in [9.17, 15) is 9.59 Å². The molecule has 2 rings (SSSR count). The Morgan fingerprint density at radius 3 is 2.78 bits per heavy atom. The Balaban J connectivity index is 1.77. The van der Waals surface area contributed by atoms with Gasteiger partial charge >= 0.3 is 5.97 Å². The molecule has 6 heteroatoms. The molecular formula is C17H24N2O4. The summed E-state index contributed by atoms with van der Waals surface area (Å²) in [4.78, 5) is 24.4. The summed E-state index contributed by atoms with van der Waals surface area (Å²) in [6.45, 7) is 3.70. The monoisotopic (exact) mass is 320 g/mol. The van der Waals surface area contributed by atoms with Crippen molar-refractivity contribution in [3.63, 3.8) is 0 Å². The Bertz CT molecular complexity index is 507. The fourth-order valence-electron chi connectivity index (χ4n) is 2.62. The molecule has 2 N–H and O–H groups in total. The lowest BCUT2D eigenvalue weighted by atomic mass is 10.2. The lowest BCUT2D eigenvalue weighted by Gasteiger charge is -2.24. The molecule has 1 aliphatic heterocycles. The van der Waals surface area contributed by atoms with Gasteiger partial charge in [-0.1, -0.05) is 30.3 Å². The molecule has 1 saturated heterocycles. The largest absolute Gasteiger partial charge is 0.481 e. The van der Waals surface area contributed by atoms with Gasteiger partial charge in [-0.15, -0.1) is 0 Å². The molecule has 126 valence electrons. The highest BCUT2D eigenvalue weighted by molar-refractivity contribution is 5.80. The normalized spacial score (nSPS) is 19.0. The number of rotatable bonds is 7. The SMILES string of the molecule is O=C(O)CCC(=O)NC[C@H]1CN(Cc2ccccc2)CCCO1. The van der Waals surface area contributed by atoms with Gasteiger partial charge in [0.25, 0.3) is 0 Å². The average molecular weight is 320 g/mol. The third-order valence-corrected chi connectivity index (χ3v) is 3.78. The van der Waals surface area contributed by atoms with Crippen molar-refractivity contribution in [2.45, 2.75) is 31.9 Å². The molecule has 23 heavy (non-hydrogen) atoms. The van der Waals surface area contributed by atoms with Crippen LogP contribution in [0.15, 0.2) is 30.3 Å². The summed E-state index contributed by atoms with van der Waals surface area (Å²) in [5, 5.41) is 11.3. The van der Waals surface area contributed by atoms with Gasteiger partial charge < -0.3 is 15.2 Å². The number of nitrogens with zero attached hydrogens (tertiary/aromatic N) is 1. The number of hydrogen-bond acceptors (Lipinski definition) is 4. The van der Waals surface area contributed by atoms with Crippen molar-refractivity contribution in [3.05, 3.63) is 35.9 Å². The zero-order valence-electron chi connectivity index (χ0n) is 13.2. The van der Waals surface area contributed by atoms with Gasteiger partial charge in [-0.3, -0.25) is 14.5 Å². The number of carbonyl (C=O) groups excluding carboxylic acids is 1. The van der Waals surface area contributed by atoms with Crippen LogP contribution in [0.25, 0.3) is 0 Å². The zero-order chi connectivity index (χ0) is 16.5. The van der Waals surface area contributed by atoms with Gasteiger partial charge in [-0.25, -0.2) is 0 Å². The van der Waals surface area contributed by atoms with Crippen molar-refractivity contribution in [2.24, 2.45) is 0 Å². The average Bonchev–Trinajstić information content (AvgIpc) is 2.77. The predicted molar refractivity (Wildman–Crippen MR) is 86.0 cm³/mol. The summed E-state index contributed by atoms with van der Waals surface area (Å²) in [7, 11) is 0. The summed E-state index contributed by atoms with van der Waals surface area (Å²) in [5.74, 6) is -1.20. The van der Waals surface area contributed by atoms with Crippen molar-refractivity contribution in [1.29, 1.82) is 0 Å². The maximum atomic E-state index is 11.6. The second-order valence-corrected chi connectivity index (χ2v) is 5.76. The maximum Gasteiger partial charge on any atom is 0.303 e. The van der Waals surface area contributed by atoms with E-state index in [0.29, 0.717) is 13.2 Å². The number of hydrogen-bond donors (Lipinski definition) is 2. The molecule has 1 aliphatic rings. The van der Waals surface area contributed by atoms with Crippen LogP contribution in [0.2, 0.25) is 0 Å². The van der Waals surface area contributed by atoms with E-state index in [-0.39, 0.29) is 24.9 Å². The van der Waals surface area contributed by atoms with E-state index in [1.54, 1.807) is 0 Å². The molecule has 0 unspecified atom stereocenters. The molecule has 1 amide bonds. The van der Waals surface area contributed by atoms with Crippen LogP contribution < -0.4 is 5.32 Å². The zero-order valence-corrected chi connectivity index (χ0v) is 13.2. The highest BCUT2D eigenvalue weighted by atomic mass is 16.5. The minimum Gasteiger partial charge on any atom is -0.481 e. The molecule has 0 spiro atoms. The van der Waals surface area contributed by atoms with Gasteiger partial charge in [0, 0.05) is 39.2 Å². The second-order valence-electron chi connectivity index (χ2n) is 5.76. The summed E-state index contributed by atoms with van der Waals surface area (Å²) in [6, 6.07) is 10.3. The Kier molecular flexibility index (Phi) is 7.03. The first-order chi connectivity index (χ1) is 11.1. The van der Waals surface area contributed by atoms with Crippen LogP contribution >= 0.6 is 0 Å². The molecule has 1 fully saturated rings. The van der Waals surface area contributed by atoms with E-state index >= 15 is 0 Å². The lowest BCUT2D eigenvalue weighted by Crippen LogP contribution is -2.40. The summed E-state index contributed by atoms with van der Waals surface area (Å²) in [6.07, 6.45) is 0.777. The third-order valence-electron chi connectivity index (χ3n) is 3.78. The molecule has 1 heterocycles. The highest BCUT2D eigenvalue weighted by Gasteiger charge is 2.19. The second kappa shape index (κ2) is 9.27. The molecule has 1 aromatic rings. The number of amides is 1. The number of ether oxygens (including phenoxy) is 1. The molecule has 1 aromatic carbocycles. The van der Waals surface area contributed by atoms with Crippen LogP contribution in [0.5, 0.6) is 0 Å². The van der Waals surface area contributed by atoms with E-state index < -0.39 is 5.97 Å². The highest BCUT2D eigenvalue weighted by Crippen LogP contribution is 2.10. The molecule has 0 aliphatic carbocycles. The Hall–Kier alpha value is -1.92. The standard InChI is InChI=1S/C17H24N2O4/c20-16(7-8-17(21)22)18-11-15-13-19(9-4-10-23-15)12-14-5-2-1-3-6-14/h1-3,5-6,15H,4,7-13H2,(H,18,20)(H,21,22)/t15-/m0/s1. The van der Waals surface area contributed by atoms with Gasteiger partial charge in [0.15, 0.2) is 0 Å². The smallest absolute Gasteiger partial charge is 0.303 e. The fourth-order valence-corrected chi connectivity index (χ4v) is 2.62. The fraction of sp³-hybridized carbons (Fsp3) is 0.529. The molecule has 0 saturated carbocycles. The van der Waals surface area contributed by atoms with Crippen molar-refractivity contribution < 1.29 is 19.4 Å². The van der Waals surface area contributed by atoms with Crippen molar-refractivity contribution >= 4 is 11.9 Å². The topological polar surface area (TPSA) is 78.9 Å². The van der Waals surface area contributed by atoms with Crippen molar-refractivity contribution in [1.82, 2.24) is 10.2 Å². The third kappa shape index (κ3) is 6.80. The number of carbonyl (C=O) groups is 2. The van der Waals surface area contributed by atoms with E-state index in [1.807, 2.05) is 18.2 Å². The van der Waals surface area contributed by atoms with Crippen LogP contribution in [-0.2, 0) is 20.9 Å². The summed E-state index contributed by atoms with van der Waals surface area (Å²) >= 11 is 0. The lowest BCUT2D eigenvalue weighted by molar-refractivity contribution is -0.138. The Morgan fingerprint density at radius 1 is 1.26 bits per heavy atom. The van der Waals surface area contributed by atoms with E-state index in [1.165, 1.54) is 5.56 Å². The first kappa shape index (κ1) is 17.4. The van der Waals surface area contributed by atoms with Crippen LogP contribution in [-0.4, -0.2) is 54.2 Å². The first-order valence-corrected chi connectivity index (χ1v) is 8.00. The van der Waals surface area contributed by atoms with Gasteiger partial charge in [-0.2, -0.15) is 0 Å². The van der Waals surface area contributed by atoms with E-state index in [0.717, 1.165) is 26.1 Å². The molecule has 0 bridgehead atoms. The molecule has 1 atom stereocenters. The number of carboxylic acids is 1. The maximum absolute atomic E-state index is 11.6. The van der Waals surface area contributed by atoms with Crippen LogP contribution in [0.4, 0.5) is 0 Å². The van der Waals surface area contributed by atoms with Crippen molar-refractivity contribution in [3.8, 4) is 0 Å². The molecule has 6 nitrogen and oxygen atoms in total. The summed E-state index contributed by atoms with van der Waals surface area (Å²) in [5.41, 5.74) is 1.26. The van der Waals surface area contributed by atoms with Crippen LogP contribution in [0, 0.1) is 0 Å². The van der Waals surface area contributed by atoms with E-state index in [4.69, 9.17) is 9.84 Å². The number of carboxylic acid groups (broad SMARTS) is 1. The number of nitrogens with one attached hydrogen (secondary N) is 1. The molecule has 0 radical (unpaired) electrons. The first-order valence-electron chi connectivity index (χ1n) is 8.00. The Morgan fingerprint density at radius 2 is 2.04 bits per heavy atom. The van der Waals surface area contributed by atoms with E-state index in [2.05, 4.69) is 22.3 Å². The van der Waals surface area contributed by atoms with Crippen LogP contribution in [0.3, 0.4) is 0 Å². The molecular weight excluding hydrogens is 296 g/mol. The number of benzene rings is 1. The van der Waals surface area contributed by atoms with Gasteiger partial charge in [0.2, 0.25) is 5.91 Å². The molecule has 0 aromatic heterocycles. The van der Waals surface area contributed by atoms with Gasteiger partial charge in [0.05, 0.1) is 12.5 Å². The van der Waals surface area contributed by atoms with Crippen LogP contribution in [0.1, 0.15) is 24.8 Å². The van der Waals surface area contributed by atoms with Gasteiger partial charge in [0.1, 0.15) is 0 Å². The van der Waals surface area contributed by atoms with Crippen molar-refractivity contribution in [2.75, 3.05) is 26.2 Å². The minimum absolute atomic E-state index is 0.00971.